The smallest absolute Gasteiger partial charge is 0.310 e. The van der Waals surface area contributed by atoms with Gasteiger partial charge in [-0.3, -0.25) is 4.79 Å². The summed E-state index contributed by atoms with van der Waals surface area (Å²) in [6.45, 7) is 8.38. The molecule has 106 valence electrons. The van der Waals surface area contributed by atoms with Crippen molar-refractivity contribution in [3.05, 3.63) is 0 Å². The molecule has 2 atom stereocenters. The van der Waals surface area contributed by atoms with Crippen molar-refractivity contribution in [2.45, 2.75) is 44.4 Å². The Kier molecular flexibility index (Phi) is 4.91. The molecule has 1 aliphatic heterocycles. The molecular weight excluding hydrogens is 254 g/mol. The van der Waals surface area contributed by atoms with Gasteiger partial charge in [-0.2, -0.15) is 0 Å². The van der Waals surface area contributed by atoms with E-state index in [-0.39, 0.29) is 16.6 Å². The molecule has 0 bridgehead atoms. The van der Waals surface area contributed by atoms with Crippen molar-refractivity contribution in [3.8, 4) is 0 Å². The fraction of sp³-hybridized carbons (Fsp3) is 0.917. The van der Waals surface area contributed by atoms with Crippen LogP contribution in [0.5, 0.6) is 0 Å². The van der Waals surface area contributed by atoms with Gasteiger partial charge < -0.3 is 9.47 Å². The third-order valence-corrected chi connectivity index (χ3v) is 4.84. The lowest BCUT2D eigenvalue weighted by atomic mass is 9.81. The minimum Gasteiger partial charge on any atom is -0.469 e. The third-order valence-electron chi connectivity index (χ3n) is 3.13. The Morgan fingerprint density at radius 2 is 2.06 bits per heavy atom. The molecule has 0 radical (unpaired) electrons. The number of esters is 1. The largest absolute Gasteiger partial charge is 0.469 e. The normalized spacial score (nSPS) is 21.8. The number of carbonyl (C=O) groups excluding carboxylic acids is 1. The van der Waals surface area contributed by atoms with Crippen molar-refractivity contribution in [1.29, 1.82) is 0 Å². The topological polar surface area (TPSA) is 64.6 Å². The lowest BCUT2D eigenvalue weighted by Crippen LogP contribution is -2.68. The maximum atomic E-state index is 12.2. The van der Waals surface area contributed by atoms with Gasteiger partial charge in [0, 0.05) is 0 Å². The van der Waals surface area contributed by atoms with Crippen molar-refractivity contribution in [1.82, 2.24) is 4.72 Å². The van der Waals surface area contributed by atoms with Crippen LogP contribution in [0.4, 0.5) is 0 Å². The first-order valence-electron chi connectivity index (χ1n) is 6.12. The predicted molar refractivity (Wildman–Crippen MR) is 70.4 cm³/mol. The van der Waals surface area contributed by atoms with Gasteiger partial charge in [-0.25, -0.2) is 8.93 Å². The van der Waals surface area contributed by atoms with Crippen LogP contribution in [0.15, 0.2) is 0 Å². The second-order valence-corrected chi connectivity index (χ2v) is 7.58. The zero-order chi connectivity index (χ0) is 14.0. The molecule has 18 heavy (non-hydrogen) atoms. The standard InChI is InChI=1S/C12H23NO4S/c1-6-9(10(14)16-5)12(7-17-8-12)13-18(15)11(2,3)4/h9,13H,6-8H2,1-5H3/t9-,18+/m0/s1. The summed E-state index contributed by atoms with van der Waals surface area (Å²) in [6, 6.07) is 0. The molecule has 0 spiro atoms. The average molecular weight is 277 g/mol. The Bertz CT molecular complexity index is 333. The summed E-state index contributed by atoms with van der Waals surface area (Å²) < 4.78 is 24.9. The van der Waals surface area contributed by atoms with Crippen molar-refractivity contribution >= 4 is 17.0 Å². The molecule has 1 rings (SSSR count). The van der Waals surface area contributed by atoms with Crippen molar-refractivity contribution in [3.63, 3.8) is 0 Å². The Labute approximate surface area is 111 Å². The SMILES string of the molecule is CC[C@@H](C(=O)OC)C1(N[S@](=O)C(C)(C)C)COC1. The van der Waals surface area contributed by atoms with Crippen LogP contribution in [0.25, 0.3) is 0 Å². The molecule has 6 heteroatoms. The Hall–Kier alpha value is -0.460. The quantitative estimate of drug-likeness (QED) is 0.762. The number of rotatable bonds is 5. The van der Waals surface area contributed by atoms with Gasteiger partial charge in [-0.05, 0) is 27.2 Å². The van der Waals surface area contributed by atoms with Gasteiger partial charge in [0.15, 0.2) is 0 Å². The van der Waals surface area contributed by atoms with Crippen LogP contribution in [-0.2, 0) is 25.3 Å². The van der Waals surface area contributed by atoms with E-state index in [1.54, 1.807) is 0 Å². The molecular formula is C12H23NO4S. The van der Waals surface area contributed by atoms with Crippen molar-refractivity contribution in [2.75, 3.05) is 20.3 Å². The van der Waals surface area contributed by atoms with E-state index in [4.69, 9.17) is 9.47 Å². The first-order valence-corrected chi connectivity index (χ1v) is 7.27. The lowest BCUT2D eigenvalue weighted by molar-refractivity contribution is -0.160. The molecule has 5 nitrogen and oxygen atoms in total. The zero-order valence-corrected chi connectivity index (χ0v) is 12.6. The van der Waals surface area contributed by atoms with Crippen molar-refractivity contribution < 1.29 is 18.5 Å². The number of hydrogen-bond donors (Lipinski definition) is 1. The summed E-state index contributed by atoms with van der Waals surface area (Å²) in [5.41, 5.74) is -0.556. The zero-order valence-electron chi connectivity index (χ0n) is 11.7. The molecule has 0 aliphatic carbocycles. The molecule has 0 unspecified atom stereocenters. The molecule has 1 heterocycles. The highest BCUT2D eigenvalue weighted by Gasteiger charge is 2.50. The second kappa shape index (κ2) is 5.67. The fourth-order valence-electron chi connectivity index (χ4n) is 1.92. The number of ether oxygens (including phenoxy) is 2. The van der Waals surface area contributed by atoms with E-state index in [1.807, 2.05) is 27.7 Å². The van der Waals surface area contributed by atoms with Crippen LogP contribution >= 0.6 is 0 Å². The van der Waals surface area contributed by atoms with E-state index in [1.165, 1.54) is 7.11 Å². The fourth-order valence-corrected chi connectivity index (χ4v) is 2.85. The molecule has 0 aromatic rings. The minimum absolute atomic E-state index is 0.279. The minimum atomic E-state index is -1.23. The molecule has 1 N–H and O–H groups in total. The second-order valence-electron chi connectivity index (χ2n) is 5.62. The van der Waals surface area contributed by atoms with Crippen LogP contribution in [-0.4, -0.2) is 40.8 Å². The van der Waals surface area contributed by atoms with Crippen LogP contribution in [0.2, 0.25) is 0 Å². The first-order chi connectivity index (χ1) is 8.27. The molecule has 0 aromatic carbocycles. The highest BCUT2D eigenvalue weighted by atomic mass is 32.2. The first kappa shape index (κ1) is 15.6. The summed E-state index contributed by atoms with van der Waals surface area (Å²) in [4.78, 5) is 11.8. The summed E-state index contributed by atoms with van der Waals surface area (Å²) >= 11 is 0. The number of nitrogens with one attached hydrogen (secondary N) is 1. The highest BCUT2D eigenvalue weighted by molar-refractivity contribution is 7.84. The maximum Gasteiger partial charge on any atom is 0.310 e. The number of methoxy groups -OCH3 is 1. The van der Waals surface area contributed by atoms with Crippen LogP contribution in [0.1, 0.15) is 34.1 Å². The molecule has 0 saturated carbocycles. The third kappa shape index (κ3) is 3.10. The molecule has 1 fully saturated rings. The van der Waals surface area contributed by atoms with Gasteiger partial charge in [-0.1, -0.05) is 6.92 Å². The van der Waals surface area contributed by atoms with E-state index in [2.05, 4.69) is 4.72 Å². The Morgan fingerprint density at radius 1 is 1.50 bits per heavy atom. The van der Waals surface area contributed by atoms with Gasteiger partial charge in [-0.15, -0.1) is 0 Å². The Balaban J connectivity index is 2.85. The van der Waals surface area contributed by atoms with Crippen molar-refractivity contribution in [2.24, 2.45) is 5.92 Å². The summed E-state index contributed by atoms with van der Waals surface area (Å²) in [5, 5.41) is 0. The predicted octanol–water partition coefficient (Wildman–Crippen LogP) is 1.01. The van der Waals surface area contributed by atoms with Crippen LogP contribution < -0.4 is 4.72 Å². The summed E-state index contributed by atoms with van der Waals surface area (Å²) in [5.74, 6) is -0.609. The summed E-state index contributed by atoms with van der Waals surface area (Å²) in [7, 11) is 0.140. The van der Waals surface area contributed by atoms with E-state index < -0.39 is 16.5 Å². The monoisotopic (exact) mass is 277 g/mol. The van der Waals surface area contributed by atoms with Crippen LogP contribution in [0.3, 0.4) is 0 Å². The van der Waals surface area contributed by atoms with E-state index >= 15 is 0 Å². The van der Waals surface area contributed by atoms with E-state index in [0.717, 1.165) is 0 Å². The Morgan fingerprint density at radius 3 is 2.33 bits per heavy atom. The van der Waals surface area contributed by atoms with Crippen LogP contribution in [0, 0.1) is 5.92 Å². The number of hydrogen-bond acceptors (Lipinski definition) is 4. The maximum absolute atomic E-state index is 12.2. The average Bonchev–Trinajstić information content (AvgIpc) is 2.24. The molecule has 0 amide bonds. The van der Waals surface area contributed by atoms with Gasteiger partial charge in [0.2, 0.25) is 0 Å². The van der Waals surface area contributed by atoms with E-state index in [9.17, 15) is 9.00 Å². The molecule has 1 aliphatic rings. The van der Waals surface area contributed by atoms with Gasteiger partial charge in [0.1, 0.15) is 0 Å². The highest BCUT2D eigenvalue weighted by Crippen LogP contribution is 2.31. The number of carbonyl (C=O) groups is 1. The summed E-state index contributed by atoms with van der Waals surface area (Å²) in [6.07, 6.45) is 0.629. The van der Waals surface area contributed by atoms with E-state index in [0.29, 0.717) is 19.6 Å². The lowest BCUT2D eigenvalue weighted by Gasteiger charge is -2.46. The van der Waals surface area contributed by atoms with Gasteiger partial charge in [0.05, 0.1) is 47.5 Å². The van der Waals surface area contributed by atoms with Gasteiger partial charge in [0.25, 0.3) is 0 Å². The van der Waals surface area contributed by atoms with Gasteiger partial charge >= 0.3 is 5.97 Å². The molecule has 1 saturated heterocycles. The molecule has 0 aromatic heterocycles.